The topological polar surface area (TPSA) is 38.7 Å². The van der Waals surface area contributed by atoms with Crippen molar-refractivity contribution in [2.24, 2.45) is 0 Å². The molecule has 1 fully saturated rings. The Hall–Kier alpha value is -1.07. The van der Waals surface area contributed by atoms with Gasteiger partial charge in [-0.3, -0.25) is 0 Å². The fraction of sp³-hybridized carbons (Fsp3) is 0.538. The summed E-state index contributed by atoms with van der Waals surface area (Å²) in [4.78, 5) is 0. The smallest absolute Gasteiger partial charge is 0.501 e. The molecule has 5 heteroatoms. The molecule has 1 saturated heterocycles. The van der Waals surface area contributed by atoms with Gasteiger partial charge in [0, 0.05) is 0 Å². The van der Waals surface area contributed by atoms with Gasteiger partial charge in [0.2, 0.25) is 0 Å². The average molecular weight is 252 g/mol. The third kappa shape index (κ3) is 1.91. The molecule has 0 spiro atoms. The molecule has 0 bridgehead atoms. The van der Waals surface area contributed by atoms with Gasteiger partial charge in [0.05, 0.1) is 16.7 Å². The van der Waals surface area contributed by atoms with Gasteiger partial charge in [0.15, 0.2) is 0 Å². The first-order valence-corrected chi connectivity index (χ1v) is 5.99. The van der Waals surface area contributed by atoms with Crippen molar-refractivity contribution in [3.63, 3.8) is 0 Å². The number of halogens is 1. The first-order chi connectivity index (χ1) is 8.16. The van der Waals surface area contributed by atoms with Gasteiger partial charge in [-0.1, -0.05) is 6.07 Å². The van der Waals surface area contributed by atoms with Gasteiger partial charge in [-0.25, -0.2) is 4.39 Å². The highest BCUT2D eigenvalue weighted by Crippen LogP contribution is 2.37. The van der Waals surface area contributed by atoms with Crippen LogP contribution < -0.4 is 5.46 Å². The average Bonchev–Trinajstić information content (AvgIpc) is 2.43. The standard InChI is InChI=1S/C13H18BFO3/c1-8-6-7-9(15)10(11(8)16)14-17-12(2,3)13(4,5)18-14/h6-7,16H,1-5H3. The van der Waals surface area contributed by atoms with Crippen LogP contribution in [-0.2, 0) is 9.31 Å². The van der Waals surface area contributed by atoms with Gasteiger partial charge in [0.1, 0.15) is 11.6 Å². The Morgan fingerprint density at radius 1 is 1.11 bits per heavy atom. The van der Waals surface area contributed by atoms with Crippen molar-refractivity contribution in [1.29, 1.82) is 0 Å². The monoisotopic (exact) mass is 252 g/mol. The van der Waals surface area contributed by atoms with Crippen molar-refractivity contribution >= 4 is 12.6 Å². The van der Waals surface area contributed by atoms with Gasteiger partial charge < -0.3 is 14.4 Å². The Morgan fingerprint density at radius 3 is 2.11 bits per heavy atom. The minimum atomic E-state index is -0.880. The first kappa shape index (κ1) is 13.4. The van der Waals surface area contributed by atoms with Crippen LogP contribution in [0.1, 0.15) is 33.3 Å². The van der Waals surface area contributed by atoms with E-state index in [1.165, 1.54) is 12.1 Å². The quantitative estimate of drug-likeness (QED) is 0.778. The maximum absolute atomic E-state index is 13.9. The summed E-state index contributed by atoms with van der Waals surface area (Å²) in [5.74, 6) is -0.620. The predicted molar refractivity (Wildman–Crippen MR) is 68.5 cm³/mol. The lowest BCUT2D eigenvalue weighted by molar-refractivity contribution is 0.00578. The van der Waals surface area contributed by atoms with Crippen molar-refractivity contribution < 1.29 is 18.8 Å². The Kier molecular flexibility index (Phi) is 2.95. The Balaban J connectivity index is 2.44. The third-order valence-electron chi connectivity index (χ3n) is 3.85. The normalized spacial score (nSPS) is 21.3. The summed E-state index contributed by atoms with van der Waals surface area (Å²) in [6.07, 6.45) is 0. The molecular weight excluding hydrogens is 234 g/mol. The number of phenolic OH excluding ortho intramolecular Hbond substituents is 1. The summed E-state index contributed by atoms with van der Waals surface area (Å²) in [5.41, 5.74) is -0.435. The zero-order chi connectivity index (χ0) is 13.7. The minimum Gasteiger partial charge on any atom is -0.508 e. The zero-order valence-electron chi connectivity index (χ0n) is 11.4. The highest BCUT2D eigenvalue weighted by atomic mass is 19.1. The number of phenols is 1. The van der Waals surface area contributed by atoms with Gasteiger partial charge in [-0.2, -0.15) is 0 Å². The number of aryl methyl sites for hydroxylation is 1. The molecule has 0 aromatic heterocycles. The van der Waals surface area contributed by atoms with Gasteiger partial charge in [0.25, 0.3) is 0 Å². The number of aromatic hydroxyl groups is 1. The molecule has 1 aromatic carbocycles. The van der Waals surface area contributed by atoms with E-state index in [1.807, 2.05) is 27.7 Å². The van der Waals surface area contributed by atoms with E-state index in [9.17, 15) is 9.50 Å². The van der Waals surface area contributed by atoms with E-state index in [2.05, 4.69) is 0 Å². The molecule has 3 nitrogen and oxygen atoms in total. The zero-order valence-corrected chi connectivity index (χ0v) is 11.4. The van der Waals surface area contributed by atoms with Gasteiger partial charge in [-0.15, -0.1) is 0 Å². The van der Waals surface area contributed by atoms with Crippen molar-refractivity contribution in [3.8, 4) is 5.75 Å². The summed E-state index contributed by atoms with van der Waals surface area (Å²) in [7, 11) is -0.880. The lowest BCUT2D eigenvalue weighted by Gasteiger charge is -2.32. The fourth-order valence-corrected chi connectivity index (χ4v) is 1.88. The van der Waals surface area contributed by atoms with Crippen LogP contribution in [0.3, 0.4) is 0 Å². The third-order valence-corrected chi connectivity index (χ3v) is 3.85. The van der Waals surface area contributed by atoms with Crippen LogP contribution in [0.5, 0.6) is 5.75 Å². The lowest BCUT2D eigenvalue weighted by Crippen LogP contribution is -2.41. The maximum atomic E-state index is 13.9. The maximum Gasteiger partial charge on any atom is 0.501 e. The molecular formula is C13H18BFO3. The van der Waals surface area contributed by atoms with E-state index < -0.39 is 24.1 Å². The Morgan fingerprint density at radius 2 is 1.61 bits per heavy atom. The van der Waals surface area contributed by atoms with Crippen LogP contribution >= 0.6 is 0 Å². The predicted octanol–water partition coefficient (Wildman–Crippen LogP) is 2.14. The van der Waals surface area contributed by atoms with Crippen molar-refractivity contribution in [2.75, 3.05) is 0 Å². The summed E-state index contributed by atoms with van der Waals surface area (Å²) in [6, 6.07) is 2.84. The van der Waals surface area contributed by atoms with E-state index in [0.29, 0.717) is 5.56 Å². The van der Waals surface area contributed by atoms with Crippen LogP contribution in [0, 0.1) is 12.7 Å². The second-order valence-electron chi connectivity index (χ2n) is 5.71. The number of hydrogen-bond donors (Lipinski definition) is 1. The molecule has 98 valence electrons. The van der Waals surface area contributed by atoms with E-state index >= 15 is 0 Å². The molecule has 0 aliphatic carbocycles. The molecule has 1 aliphatic rings. The lowest BCUT2D eigenvalue weighted by atomic mass is 9.77. The number of rotatable bonds is 1. The molecule has 1 aromatic rings. The highest BCUT2D eigenvalue weighted by molar-refractivity contribution is 6.63. The van der Waals surface area contributed by atoms with Crippen LogP contribution in [0.4, 0.5) is 4.39 Å². The van der Waals surface area contributed by atoms with E-state index in [1.54, 1.807) is 6.92 Å². The summed E-state index contributed by atoms with van der Waals surface area (Å²) in [5, 5.41) is 9.98. The van der Waals surface area contributed by atoms with E-state index in [4.69, 9.17) is 9.31 Å². The Bertz CT molecular complexity index is 469. The number of benzene rings is 1. The van der Waals surface area contributed by atoms with Crippen LogP contribution in [0.15, 0.2) is 12.1 Å². The van der Waals surface area contributed by atoms with Crippen LogP contribution in [0.25, 0.3) is 0 Å². The highest BCUT2D eigenvalue weighted by Gasteiger charge is 2.53. The molecule has 1 aliphatic heterocycles. The summed E-state index contributed by atoms with van der Waals surface area (Å²) >= 11 is 0. The van der Waals surface area contributed by atoms with Crippen LogP contribution in [0.2, 0.25) is 0 Å². The molecule has 18 heavy (non-hydrogen) atoms. The SMILES string of the molecule is Cc1ccc(F)c(B2OC(C)(C)C(C)(C)O2)c1O. The molecule has 0 saturated carbocycles. The molecule has 0 amide bonds. The molecule has 1 heterocycles. The summed E-state index contributed by atoms with van der Waals surface area (Å²) in [6.45, 7) is 9.26. The fourth-order valence-electron chi connectivity index (χ4n) is 1.88. The van der Waals surface area contributed by atoms with Gasteiger partial charge in [-0.05, 0) is 46.2 Å². The van der Waals surface area contributed by atoms with Crippen molar-refractivity contribution in [2.45, 2.75) is 45.8 Å². The molecule has 0 radical (unpaired) electrons. The molecule has 0 atom stereocenters. The van der Waals surface area contributed by atoms with E-state index in [-0.39, 0.29) is 11.2 Å². The second kappa shape index (κ2) is 3.97. The minimum absolute atomic E-state index is 0.0775. The number of hydrogen-bond acceptors (Lipinski definition) is 3. The van der Waals surface area contributed by atoms with Crippen LogP contribution in [-0.4, -0.2) is 23.4 Å². The molecule has 2 rings (SSSR count). The molecule has 0 unspecified atom stereocenters. The van der Waals surface area contributed by atoms with Crippen molar-refractivity contribution in [1.82, 2.24) is 0 Å². The largest absolute Gasteiger partial charge is 0.508 e. The summed E-state index contributed by atoms with van der Waals surface area (Å²) < 4.78 is 25.4. The first-order valence-electron chi connectivity index (χ1n) is 5.99. The van der Waals surface area contributed by atoms with Gasteiger partial charge >= 0.3 is 7.12 Å². The van der Waals surface area contributed by atoms with E-state index in [0.717, 1.165) is 0 Å². The Labute approximate surface area is 107 Å². The van der Waals surface area contributed by atoms with Crippen molar-refractivity contribution in [3.05, 3.63) is 23.5 Å². The molecule has 1 N–H and O–H groups in total. The second-order valence-corrected chi connectivity index (χ2v) is 5.71.